The monoisotopic (exact) mass is 398 g/mol. The lowest BCUT2D eigenvalue weighted by Crippen LogP contribution is -2.53. The molecule has 0 amide bonds. The fourth-order valence-electron chi connectivity index (χ4n) is 3.75. The molecule has 2 aliphatic heterocycles. The molecule has 4 rings (SSSR count). The molecule has 2 N–H and O–H groups in total. The Hall–Kier alpha value is -1.89. The van der Waals surface area contributed by atoms with Crippen LogP contribution in [0.1, 0.15) is 43.6 Å². The third-order valence-electron chi connectivity index (χ3n) is 5.31. The van der Waals surface area contributed by atoms with E-state index in [1.54, 1.807) is 0 Å². The van der Waals surface area contributed by atoms with E-state index in [-0.39, 0.29) is 0 Å². The van der Waals surface area contributed by atoms with Gasteiger partial charge in [-0.3, -0.25) is 0 Å². The second-order valence-corrected chi connectivity index (χ2v) is 8.79. The Morgan fingerprint density at radius 1 is 1.32 bits per heavy atom. The molecular formula is C22H30N4OS. The van der Waals surface area contributed by atoms with Gasteiger partial charge >= 0.3 is 0 Å². The van der Waals surface area contributed by atoms with Gasteiger partial charge in [0.1, 0.15) is 10.8 Å². The van der Waals surface area contributed by atoms with Crippen LogP contribution < -0.4 is 10.6 Å². The van der Waals surface area contributed by atoms with Gasteiger partial charge in [-0.2, -0.15) is 0 Å². The molecule has 1 saturated heterocycles. The van der Waals surface area contributed by atoms with Gasteiger partial charge in [0.05, 0.1) is 16.9 Å². The molecule has 150 valence electrons. The van der Waals surface area contributed by atoms with Gasteiger partial charge in [-0.1, -0.05) is 26.0 Å². The highest BCUT2D eigenvalue weighted by Crippen LogP contribution is 2.41. The van der Waals surface area contributed by atoms with Gasteiger partial charge in [-0.25, -0.2) is 4.99 Å². The molecule has 1 aromatic heterocycles. The van der Waals surface area contributed by atoms with Crippen molar-refractivity contribution in [2.24, 2.45) is 4.99 Å². The van der Waals surface area contributed by atoms with Crippen molar-refractivity contribution in [3.63, 3.8) is 0 Å². The zero-order valence-electron chi connectivity index (χ0n) is 17.0. The van der Waals surface area contributed by atoms with Crippen LogP contribution in [0, 0.1) is 0 Å². The topological polar surface area (TPSA) is 48.9 Å². The molecule has 0 unspecified atom stereocenters. The lowest BCUT2D eigenvalue weighted by molar-refractivity contribution is 0.128. The Labute approximate surface area is 171 Å². The number of nitrogens with one attached hydrogen (secondary N) is 2. The van der Waals surface area contributed by atoms with Crippen molar-refractivity contribution in [2.45, 2.75) is 39.2 Å². The van der Waals surface area contributed by atoms with Crippen molar-refractivity contribution in [3.8, 4) is 0 Å². The summed E-state index contributed by atoms with van der Waals surface area (Å²) in [6.07, 6.45) is 1.03. The van der Waals surface area contributed by atoms with E-state index in [4.69, 9.17) is 9.73 Å². The summed E-state index contributed by atoms with van der Waals surface area (Å²) in [5.41, 5.74) is 3.32. The first-order chi connectivity index (χ1) is 13.7. The number of benzene rings is 1. The Balaban J connectivity index is 1.66. The van der Waals surface area contributed by atoms with Crippen molar-refractivity contribution in [2.75, 3.05) is 38.2 Å². The maximum Gasteiger partial charge on any atom is 0.139 e. The van der Waals surface area contributed by atoms with E-state index in [1.807, 2.05) is 11.3 Å². The summed E-state index contributed by atoms with van der Waals surface area (Å²) in [5.74, 6) is 1.61. The van der Waals surface area contributed by atoms with Gasteiger partial charge < -0.3 is 20.3 Å². The second-order valence-electron chi connectivity index (χ2n) is 7.71. The largest absolute Gasteiger partial charge is 0.382 e. The first-order valence-corrected chi connectivity index (χ1v) is 11.1. The van der Waals surface area contributed by atoms with E-state index in [9.17, 15) is 0 Å². The highest BCUT2D eigenvalue weighted by Gasteiger charge is 2.28. The number of thiophene rings is 1. The van der Waals surface area contributed by atoms with Crippen LogP contribution in [0.4, 0.5) is 16.4 Å². The lowest BCUT2D eigenvalue weighted by Gasteiger charge is -2.35. The van der Waals surface area contributed by atoms with Crippen LogP contribution in [-0.4, -0.2) is 49.6 Å². The van der Waals surface area contributed by atoms with E-state index in [1.165, 1.54) is 15.4 Å². The summed E-state index contributed by atoms with van der Waals surface area (Å²) in [6.45, 7) is 11.0. The molecule has 2 aromatic rings. The number of hydrogen-bond acceptors (Lipinski definition) is 6. The van der Waals surface area contributed by atoms with Crippen LogP contribution in [0.3, 0.4) is 0 Å². The zero-order valence-corrected chi connectivity index (χ0v) is 17.8. The summed E-state index contributed by atoms with van der Waals surface area (Å²) < 4.78 is 5.57. The minimum absolute atomic E-state index is 0.432. The molecule has 1 atom stereocenters. The number of nitrogens with zero attached hydrogens (tertiary/aromatic N) is 2. The SMILES string of the molecule is CCOCC[C@H]1CN(C2=Nc3ccccc3Nc3sc(C(C)C)cc32)CCN1. The number of para-hydroxylation sites is 2. The second kappa shape index (κ2) is 8.64. The smallest absolute Gasteiger partial charge is 0.139 e. The standard InChI is InChI=1S/C22H30N4OS/c1-4-27-12-9-16-14-26(11-10-23-16)21-17-13-20(15(2)3)28-22(17)25-19-8-6-5-7-18(19)24-21/h5-8,13,15-16,23,25H,4,9-12,14H2,1-3H3/t16-/m0/s1. The summed E-state index contributed by atoms with van der Waals surface area (Å²) in [6, 6.07) is 11.1. The van der Waals surface area contributed by atoms with Crippen LogP contribution in [-0.2, 0) is 4.74 Å². The molecule has 28 heavy (non-hydrogen) atoms. The van der Waals surface area contributed by atoms with Crippen LogP contribution in [0.25, 0.3) is 0 Å². The number of amidine groups is 1. The minimum atomic E-state index is 0.432. The molecule has 1 aromatic carbocycles. The van der Waals surface area contributed by atoms with Crippen LogP contribution in [0.2, 0.25) is 0 Å². The third-order valence-corrected chi connectivity index (χ3v) is 6.66. The predicted octanol–water partition coefficient (Wildman–Crippen LogP) is 4.71. The van der Waals surface area contributed by atoms with Crippen molar-refractivity contribution >= 4 is 33.5 Å². The summed E-state index contributed by atoms with van der Waals surface area (Å²) >= 11 is 1.85. The molecule has 1 fully saturated rings. The van der Waals surface area contributed by atoms with E-state index in [2.05, 4.69) is 66.6 Å². The Morgan fingerprint density at radius 2 is 2.18 bits per heavy atom. The first kappa shape index (κ1) is 19.4. The number of hydrogen-bond donors (Lipinski definition) is 2. The molecule has 0 saturated carbocycles. The fraction of sp³-hybridized carbons (Fsp3) is 0.500. The lowest BCUT2D eigenvalue weighted by atomic mass is 10.1. The van der Waals surface area contributed by atoms with Gasteiger partial charge in [0.25, 0.3) is 0 Å². The Bertz CT molecular complexity index is 845. The molecule has 3 heterocycles. The van der Waals surface area contributed by atoms with Gasteiger partial charge in [-0.05, 0) is 37.5 Å². The maximum atomic E-state index is 5.57. The number of anilines is 2. The van der Waals surface area contributed by atoms with Crippen LogP contribution >= 0.6 is 11.3 Å². The first-order valence-electron chi connectivity index (χ1n) is 10.3. The minimum Gasteiger partial charge on any atom is -0.382 e. The molecule has 6 heteroatoms. The van der Waals surface area contributed by atoms with Gasteiger partial charge in [0.15, 0.2) is 0 Å². The Morgan fingerprint density at radius 3 is 3.00 bits per heavy atom. The van der Waals surface area contributed by atoms with Gasteiger partial charge in [0, 0.05) is 43.8 Å². The van der Waals surface area contributed by atoms with Crippen molar-refractivity contribution < 1.29 is 4.74 Å². The number of aliphatic imine (C=N–C) groups is 1. The average Bonchev–Trinajstić information content (AvgIpc) is 3.05. The average molecular weight is 399 g/mol. The number of piperazine rings is 1. The molecule has 0 spiro atoms. The zero-order chi connectivity index (χ0) is 19.5. The van der Waals surface area contributed by atoms with Crippen LogP contribution in [0.15, 0.2) is 35.3 Å². The summed E-state index contributed by atoms with van der Waals surface area (Å²) in [7, 11) is 0. The maximum absolute atomic E-state index is 5.57. The quantitative estimate of drug-likeness (QED) is 0.717. The van der Waals surface area contributed by atoms with E-state index in [0.29, 0.717) is 12.0 Å². The molecule has 0 aliphatic carbocycles. The normalized spacial score (nSPS) is 18.9. The molecule has 0 radical (unpaired) electrons. The number of ether oxygens (including phenoxy) is 1. The molecule has 0 bridgehead atoms. The van der Waals surface area contributed by atoms with Crippen molar-refractivity contribution in [1.82, 2.24) is 10.2 Å². The van der Waals surface area contributed by atoms with E-state index >= 15 is 0 Å². The van der Waals surface area contributed by atoms with Crippen molar-refractivity contribution in [3.05, 3.63) is 40.8 Å². The van der Waals surface area contributed by atoms with Gasteiger partial charge in [0.2, 0.25) is 0 Å². The number of fused-ring (bicyclic) bond motifs is 2. The van der Waals surface area contributed by atoms with E-state index < -0.39 is 0 Å². The third kappa shape index (κ3) is 4.09. The summed E-state index contributed by atoms with van der Waals surface area (Å²) in [5, 5.41) is 8.49. The highest BCUT2D eigenvalue weighted by molar-refractivity contribution is 7.16. The molecule has 5 nitrogen and oxygen atoms in total. The van der Waals surface area contributed by atoms with Crippen LogP contribution in [0.5, 0.6) is 0 Å². The van der Waals surface area contributed by atoms with Gasteiger partial charge in [-0.15, -0.1) is 11.3 Å². The predicted molar refractivity (Wildman–Crippen MR) is 119 cm³/mol. The molecule has 2 aliphatic rings. The fourth-order valence-corrected chi connectivity index (χ4v) is 4.82. The number of rotatable bonds is 5. The van der Waals surface area contributed by atoms with Crippen molar-refractivity contribution in [1.29, 1.82) is 0 Å². The highest BCUT2D eigenvalue weighted by atomic mass is 32.1. The molecular weight excluding hydrogens is 368 g/mol. The Kier molecular flexibility index (Phi) is 5.99. The van der Waals surface area contributed by atoms with E-state index in [0.717, 1.165) is 56.5 Å². The summed E-state index contributed by atoms with van der Waals surface area (Å²) in [4.78, 5) is 8.98.